The zero-order valence-electron chi connectivity index (χ0n) is 11.1. The van der Waals surface area contributed by atoms with Crippen LogP contribution >= 0.6 is 0 Å². The van der Waals surface area contributed by atoms with Gasteiger partial charge < -0.3 is 20.3 Å². The van der Waals surface area contributed by atoms with Crippen molar-refractivity contribution in [2.75, 3.05) is 7.11 Å². The Bertz CT molecular complexity index is 700. The van der Waals surface area contributed by atoms with Gasteiger partial charge in [0.15, 0.2) is 11.5 Å². The van der Waals surface area contributed by atoms with Gasteiger partial charge >= 0.3 is 5.97 Å². The average molecular weight is 288 g/mol. The summed E-state index contributed by atoms with van der Waals surface area (Å²) in [5.41, 5.74) is 5.34. The highest BCUT2D eigenvalue weighted by Gasteiger charge is 2.15. The molecular formula is C14H12N2O5. The van der Waals surface area contributed by atoms with Crippen molar-refractivity contribution in [1.29, 1.82) is 0 Å². The number of aromatic nitrogens is 1. The molecule has 1 aromatic heterocycles. The maximum absolute atomic E-state index is 11.1. The first kappa shape index (κ1) is 14.3. The van der Waals surface area contributed by atoms with Crippen LogP contribution in [0, 0.1) is 0 Å². The van der Waals surface area contributed by atoms with Crippen LogP contribution in [0.5, 0.6) is 17.4 Å². The quantitative estimate of drug-likeness (QED) is 0.865. The Balaban J connectivity index is 2.40. The molecule has 1 heterocycles. The number of nitrogens with zero attached hydrogens (tertiary/aromatic N) is 1. The van der Waals surface area contributed by atoms with E-state index in [2.05, 4.69) is 4.98 Å². The molecule has 0 fully saturated rings. The molecule has 0 saturated heterocycles. The third kappa shape index (κ3) is 3.08. The smallest absolute Gasteiger partial charge is 0.341 e. The van der Waals surface area contributed by atoms with Gasteiger partial charge in [-0.1, -0.05) is 0 Å². The molecule has 21 heavy (non-hydrogen) atoms. The second-order valence-electron chi connectivity index (χ2n) is 3.99. The van der Waals surface area contributed by atoms with Crippen molar-refractivity contribution >= 4 is 11.9 Å². The fourth-order valence-corrected chi connectivity index (χ4v) is 1.64. The molecule has 1 aromatic carbocycles. The Kier molecular flexibility index (Phi) is 4.03. The minimum Gasteiger partial charge on any atom is -0.493 e. The van der Waals surface area contributed by atoms with Gasteiger partial charge in [0.25, 0.3) is 0 Å². The number of carbonyl (C=O) groups is 2. The van der Waals surface area contributed by atoms with E-state index in [1.54, 1.807) is 0 Å². The van der Waals surface area contributed by atoms with E-state index in [-0.39, 0.29) is 28.5 Å². The Labute approximate surface area is 119 Å². The van der Waals surface area contributed by atoms with E-state index in [1.165, 1.54) is 43.6 Å². The number of carboxylic acid groups (broad SMARTS) is 1. The molecule has 2 rings (SSSR count). The standard InChI is InChI=1S/C14H12N2O5/c1-20-11-7-8(12(15)17)4-5-10(11)21-13-9(14(18)19)3-2-6-16-13/h2-7H,1H3,(H2,15,17)(H,18,19). The van der Waals surface area contributed by atoms with E-state index in [1.807, 2.05) is 0 Å². The average Bonchev–Trinajstić information content (AvgIpc) is 2.47. The lowest BCUT2D eigenvalue weighted by molar-refractivity contribution is 0.0693. The van der Waals surface area contributed by atoms with Crippen LogP contribution in [-0.4, -0.2) is 29.1 Å². The highest BCUT2D eigenvalue weighted by atomic mass is 16.5. The third-order valence-corrected chi connectivity index (χ3v) is 2.66. The van der Waals surface area contributed by atoms with Crippen LogP contribution in [0.1, 0.15) is 20.7 Å². The number of amides is 1. The predicted octanol–water partition coefficient (Wildman–Crippen LogP) is 1.68. The van der Waals surface area contributed by atoms with Gasteiger partial charge in [0, 0.05) is 11.8 Å². The SMILES string of the molecule is COc1cc(C(N)=O)ccc1Oc1ncccc1C(=O)O. The Hall–Kier alpha value is -3.09. The van der Waals surface area contributed by atoms with Crippen molar-refractivity contribution in [3.8, 4) is 17.4 Å². The van der Waals surface area contributed by atoms with E-state index in [0.29, 0.717) is 0 Å². The topological polar surface area (TPSA) is 112 Å². The number of hydrogen-bond acceptors (Lipinski definition) is 5. The molecular weight excluding hydrogens is 276 g/mol. The molecule has 7 heteroatoms. The van der Waals surface area contributed by atoms with Gasteiger partial charge in [0.05, 0.1) is 7.11 Å². The van der Waals surface area contributed by atoms with Gasteiger partial charge in [-0.05, 0) is 30.3 Å². The number of pyridine rings is 1. The van der Waals surface area contributed by atoms with Crippen LogP contribution in [0.15, 0.2) is 36.5 Å². The van der Waals surface area contributed by atoms with Crippen LogP contribution in [0.4, 0.5) is 0 Å². The lowest BCUT2D eigenvalue weighted by atomic mass is 10.2. The summed E-state index contributed by atoms with van der Waals surface area (Å²) in [5, 5.41) is 9.07. The van der Waals surface area contributed by atoms with Gasteiger partial charge in [-0.15, -0.1) is 0 Å². The summed E-state index contributed by atoms with van der Waals surface area (Å²) < 4.78 is 10.6. The molecule has 108 valence electrons. The molecule has 0 aliphatic heterocycles. The third-order valence-electron chi connectivity index (χ3n) is 2.66. The summed E-state index contributed by atoms with van der Waals surface area (Å²) in [7, 11) is 1.39. The van der Waals surface area contributed by atoms with Crippen LogP contribution in [0.3, 0.4) is 0 Å². The molecule has 2 aromatic rings. The Morgan fingerprint density at radius 2 is 2.00 bits per heavy atom. The molecule has 0 spiro atoms. The molecule has 0 radical (unpaired) electrons. The fraction of sp³-hybridized carbons (Fsp3) is 0.0714. The minimum absolute atomic E-state index is 0.0740. The highest BCUT2D eigenvalue weighted by molar-refractivity contribution is 5.93. The molecule has 0 unspecified atom stereocenters. The molecule has 0 saturated carbocycles. The van der Waals surface area contributed by atoms with Crippen molar-refractivity contribution in [2.24, 2.45) is 5.73 Å². The molecule has 0 aliphatic rings. The van der Waals surface area contributed by atoms with Crippen LogP contribution < -0.4 is 15.2 Å². The van der Waals surface area contributed by atoms with Crippen molar-refractivity contribution in [3.63, 3.8) is 0 Å². The summed E-state index contributed by atoms with van der Waals surface area (Å²) in [4.78, 5) is 26.1. The summed E-state index contributed by atoms with van der Waals surface area (Å²) in [5.74, 6) is -1.37. The zero-order valence-corrected chi connectivity index (χ0v) is 11.1. The predicted molar refractivity (Wildman–Crippen MR) is 72.8 cm³/mol. The van der Waals surface area contributed by atoms with E-state index in [4.69, 9.17) is 20.3 Å². The van der Waals surface area contributed by atoms with Gasteiger partial charge in [-0.25, -0.2) is 9.78 Å². The number of hydrogen-bond donors (Lipinski definition) is 2. The van der Waals surface area contributed by atoms with Gasteiger partial charge in [0.2, 0.25) is 11.8 Å². The molecule has 0 atom stereocenters. The molecule has 3 N–H and O–H groups in total. The molecule has 0 bridgehead atoms. The lowest BCUT2D eigenvalue weighted by Gasteiger charge is -2.11. The number of ether oxygens (including phenoxy) is 2. The molecule has 0 aliphatic carbocycles. The van der Waals surface area contributed by atoms with Crippen LogP contribution in [0.25, 0.3) is 0 Å². The van der Waals surface area contributed by atoms with E-state index in [9.17, 15) is 9.59 Å². The van der Waals surface area contributed by atoms with E-state index < -0.39 is 11.9 Å². The Morgan fingerprint density at radius 1 is 1.24 bits per heavy atom. The minimum atomic E-state index is -1.16. The van der Waals surface area contributed by atoms with Crippen molar-refractivity contribution in [2.45, 2.75) is 0 Å². The number of carboxylic acids is 1. The largest absolute Gasteiger partial charge is 0.493 e. The number of aromatic carboxylic acids is 1. The molecule has 1 amide bonds. The van der Waals surface area contributed by atoms with Crippen molar-refractivity contribution < 1.29 is 24.2 Å². The second-order valence-corrected chi connectivity index (χ2v) is 3.99. The number of benzene rings is 1. The monoisotopic (exact) mass is 288 g/mol. The number of carbonyl (C=O) groups excluding carboxylic acids is 1. The maximum atomic E-state index is 11.1. The summed E-state index contributed by atoms with van der Waals surface area (Å²) in [6, 6.07) is 7.17. The normalized spacial score (nSPS) is 9.95. The van der Waals surface area contributed by atoms with Gasteiger partial charge in [0.1, 0.15) is 5.56 Å². The fourth-order valence-electron chi connectivity index (χ4n) is 1.64. The van der Waals surface area contributed by atoms with Gasteiger partial charge in [-0.2, -0.15) is 0 Å². The zero-order chi connectivity index (χ0) is 15.4. The van der Waals surface area contributed by atoms with Gasteiger partial charge in [-0.3, -0.25) is 4.79 Å². The maximum Gasteiger partial charge on any atom is 0.341 e. The first-order valence-corrected chi connectivity index (χ1v) is 5.87. The first-order valence-electron chi connectivity index (χ1n) is 5.87. The number of methoxy groups -OCH3 is 1. The van der Waals surface area contributed by atoms with Crippen molar-refractivity contribution in [1.82, 2.24) is 4.98 Å². The lowest BCUT2D eigenvalue weighted by Crippen LogP contribution is -2.11. The number of primary amides is 1. The first-order chi connectivity index (χ1) is 10.0. The number of nitrogens with two attached hydrogens (primary N) is 1. The van der Waals surface area contributed by atoms with Crippen LogP contribution in [-0.2, 0) is 0 Å². The molecule has 7 nitrogen and oxygen atoms in total. The summed E-state index contributed by atoms with van der Waals surface area (Å²) in [6.45, 7) is 0. The van der Waals surface area contributed by atoms with E-state index in [0.717, 1.165) is 0 Å². The van der Waals surface area contributed by atoms with Crippen molar-refractivity contribution in [3.05, 3.63) is 47.7 Å². The highest BCUT2D eigenvalue weighted by Crippen LogP contribution is 2.32. The van der Waals surface area contributed by atoms with E-state index >= 15 is 0 Å². The summed E-state index contributed by atoms with van der Waals surface area (Å²) >= 11 is 0. The Morgan fingerprint density at radius 3 is 2.62 bits per heavy atom. The summed E-state index contributed by atoms with van der Waals surface area (Å²) in [6.07, 6.45) is 1.41. The number of rotatable bonds is 5. The van der Waals surface area contributed by atoms with Crippen LogP contribution in [0.2, 0.25) is 0 Å². The second kappa shape index (κ2) is 5.91.